The SMILES string of the molecule is C=C(Nc1ccc(C)c(Nc2ncccc2-c2ncnc(C)c2NC)c1)c1cc(C(F)(F)F)cc(C)n1.CC. The Labute approximate surface area is 226 Å². The predicted octanol–water partition coefficient (Wildman–Crippen LogP) is 7.77. The number of alkyl halides is 3. The first-order valence-electron chi connectivity index (χ1n) is 12.4. The number of aryl methyl sites for hydroxylation is 3. The van der Waals surface area contributed by atoms with Gasteiger partial charge in [-0.1, -0.05) is 26.5 Å². The van der Waals surface area contributed by atoms with Crippen molar-refractivity contribution in [3.05, 3.63) is 89.8 Å². The summed E-state index contributed by atoms with van der Waals surface area (Å²) in [4.78, 5) is 17.5. The van der Waals surface area contributed by atoms with Crippen LogP contribution in [0.5, 0.6) is 0 Å². The molecule has 0 fully saturated rings. The number of benzene rings is 1. The quantitative estimate of drug-likeness (QED) is 0.223. The fourth-order valence-electron chi connectivity index (χ4n) is 3.86. The van der Waals surface area contributed by atoms with Crippen molar-refractivity contribution in [2.75, 3.05) is 23.0 Å². The van der Waals surface area contributed by atoms with Crippen LogP contribution in [0, 0.1) is 20.8 Å². The molecule has 0 bridgehead atoms. The van der Waals surface area contributed by atoms with Crippen LogP contribution >= 0.6 is 0 Å². The van der Waals surface area contributed by atoms with Crippen LogP contribution in [-0.4, -0.2) is 27.0 Å². The monoisotopic (exact) mass is 535 g/mol. The van der Waals surface area contributed by atoms with Crippen molar-refractivity contribution in [3.63, 3.8) is 0 Å². The maximum atomic E-state index is 13.3. The maximum absolute atomic E-state index is 13.3. The van der Waals surface area contributed by atoms with Gasteiger partial charge in [-0.15, -0.1) is 0 Å². The van der Waals surface area contributed by atoms with Crippen molar-refractivity contribution in [3.8, 4) is 11.3 Å². The van der Waals surface area contributed by atoms with Crippen LogP contribution in [0.1, 0.15) is 42.1 Å². The zero-order valence-corrected chi connectivity index (χ0v) is 22.8. The molecule has 39 heavy (non-hydrogen) atoms. The Morgan fingerprint density at radius 3 is 2.38 bits per heavy atom. The van der Waals surface area contributed by atoms with E-state index in [1.807, 2.05) is 65.1 Å². The first kappa shape index (κ1) is 29.1. The number of hydrogen-bond acceptors (Lipinski definition) is 7. The molecule has 0 amide bonds. The Hall–Kier alpha value is -4.47. The lowest BCUT2D eigenvalue weighted by atomic mass is 10.1. The summed E-state index contributed by atoms with van der Waals surface area (Å²) < 4.78 is 39.8. The van der Waals surface area contributed by atoms with E-state index < -0.39 is 11.7 Å². The largest absolute Gasteiger partial charge is 0.416 e. The second kappa shape index (κ2) is 12.4. The van der Waals surface area contributed by atoms with E-state index >= 15 is 0 Å². The van der Waals surface area contributed by atoms with Gasteiger partial charge in [0.1, 0.15) is 17.8 Å². The van der Waals surface area contributed by atoms with E-state index in [1.54, 1.807) is 6.20 Å². The number of halogens is 3. The molecule has 204 valence electrons. The molecule has 10 heteroatoms. The Balaban J connectivity index is 0.00000205. The van der Waals surface area contributed by atoms with Gasteiger partial charge < -0.3 is 16.0 Å². The van der Waals surface area contributed by atoms with Crippen molar-refractivity contribution < 1.29 is 13.2 Å². The molecular formula is C29H32F3N7. The average Bonchev–Trinajstić information content (AvgIpc) is 2.91. The van der Waals surface area contributed by atoms with E-state index in [1.165, 1.54) is 13.3 Å². The van der Waals surface area contributed by atoms with Gasteiger partial charge in [0.15, 0.2) is 0 Å². The molecule has 4 rings (SSSR count). The third-order valence-electron chi connectivity index (χ3n) is 5.73. The van der Waals surface area contributed by atoms with E-state index in [2.05, 4.69) is 42.5 Å². The molecule has 0 aliphatic carbocycles. The molecule has 3 aromatic heterocycles. The van der Waals surface area contributed by atoms with Gasteiger partial charge >= 0.3 is 6.18 Å². The summed E-state index contributed by atoms with van der Waals surface area (Å²) in [7, 11) is 1.81. The lowest BCUT2D eigenvalue weighted by molar-refractivity contribution is -0.137. The smallest absolute Gasteiger partial charge is 0.385 e. The highest BCUT2D eigenvalue weighted by atomic mass is 19.4. The van der Waals surface area contributed by atoms with E-state index in [9.17, 15) is 13.2 Å². The number of anilines is 4. The molecule has 0 saturated carbocycles. The normalized spacial score (nSPS) is 10.8. The number of rotatable bonds is 7. The summed E-state index contributed by atoms with van der Waals surface area (Å²) in [6.07, 6.45) is -1.29. The fourth-order valence-corrected chi connectivity index (χ4v) is 3.86. The Kier molecular flexibility index (Phi) is 9.24. The van der Waals surface area contributed by atoms with Gasteiger partial charge in [-0.3, -0.25) is 4.98 Å². The number of nitrogens with zero attached hydrogens (tertiary/aromatic N) is 4. The molecular weight excluding hydrogens is 503 g/mol. The summed E-state index contributed by atoms with van der Waals surface area (Å²) >= 11 is 0. The van der Waals surface area contributed by atoms with Gasteiger partial charge in [-0.25, -0.2) is 15.0 Å². The highest BCUT2D eigenvalue weighted by molar-refractivity contribution is 5.85. The van der Waals surface area contributed by atoms with Crippen LogP contribution in [0.3, 0.4) is 0 Å². The molecule has 0 aliphatic rings. The Bertz CT molecular complexity index is 1470. The zero-order chi connectivity index (χ0) is 28.7. The summed E-state index contributed by atoms with van der Waals surface area (Å²) in [6.45, 7) is 13.3. The molecule has 1 aromatic carbocycles. The zero-order valence-electron chi connectivity index (χ0n) is 22.8. The molecule has 0 atom stereocenters. The molecule has 4 aromatic rings. The van der Waals surface area contributed by atoms with Crippen LogP contribution in [0.15, 0.2) is 61.6 Å². The van der Waals surface area contributed by atoms with E-state index in [-0.39, 0.29) is 17.1 Å². The van der Waals surface area contributed by atoms with Crippen LogP contribution in [0.4, 0.5) is 36.1 Å². The van der Waals surface area contributed by atoms with Gasteiger partial charge in [0.2, 0.25) is 0 Å². The van der Waals surface area contributed by atoms with Crippen LogP contribution in [0.2, 0.25) is 0 Å². The minimum Gasteiger partial charge on any atom is -0.385 e. The topological polar surface area (TPSA) is 87.7 Å². The molecule has 0 aliphatic heterocycles. The van der Waals surface area contributed by atoms with Crippen molar-refractivity contribution >= 4 is 28.6 Å². The summed E-state index contributed by atoms with van der Waals surface area (Å²) in [5.74, 6) is 0.589. The molecule has 0 spiro atoms. The summed E-state index contributed by atoms with van der Waals surface area (Å²) in [6, 6.07) is 11.3. The van der Waals surface area contributed by atoms with Gasteiger partial charge in [0.05, 0.1) is 28.3 Å². The van der Waals surface area contributed by atoms with Crippen LogP contribution in [-0.2, 0) is 6.18 Å². The molecule has 0 unspecified atom stereocenters. The Morgan fingerprint density at radius 1 is 0.949 bits per heavy atom. The van der Waals surface area contributed by atoms with Gasteiger partial charge in [0.25, 0.3) is 0 Å². The molecule has 3 heterocycles. The number of nitrogens with one attached hydrogen (secondary N) is 3. The lowest BCUT2D eigenvalue weighted by Gasteiger charge is -2.17. The van der Waals surface area contributed by atoms with Crippen molar-refractivity contribution in [1.29, 1.82) is 0 Å². The number of aromatic nitrogens is 4. The minimum atomic E-state index is -4.47. The first-order valence-corrected chi connectivity index (χ1v) is 12.4. The average molecular weight is 536 g/mol. The van der Waals surface area contributed by atoms with E-state index in [4.69, 9.17) is 0 Å². The highest BCUT2D eigenvalue weighted by Crippen LogP contribution is 2.35. The molecule has 3 N–H and O–H groups in total. The third-order valence-corrected chi connectivity index (χ3v) is 5.73. The van der Waals surface area contributed by atoms with E-state index in [0.29, 0.717) is 17.2 Å². The van der Waals surface area contributed by atoms with Crippen LogP contribution in [0.25, 0.3) is 17.0 Å². The molecule has 0 radical (unpaired) electrons. The maximum Gasteiger partial charge on any atom is 0.416 e. The van der Waals surface area contributed by atoms with Crippen molar-refractivity contribution in [2.45, 2.75) is 40.8 Å². The molecule has 0 saturated heterocycles. The van der Waals surface area contributed by atoms with Gasteiger partial charge in [-0.05, 0) is 62.7 Å². The predicted molar refractivity (Wildman–Crippen MR) is 152 cm³/mol. The highest BCUT2D eigenvalue weighted by Gasteiger charge is 2.31. The molecule has 7 nitrogen and oxygen atoms in total. The number of pyridine rings is 2. The Morgan fingerprint density at radius 2 is 1.69 bits per heavy atom. The second-order valence-corrected chi connectivity index (χ2v) is 8.47. The van der Waals surface area contributed by atoms with Crippen LogP contribution < -0.4 is 16.0 Å². The van der Waals surface area contributed by atoms with Crippen molar-refractivity contribution in [2.24, 2.45) is 0 Å². The second-order valence-electron chi connectivity index (χ2n) is 8.47. The third kappa shape index (κ3) is 6.90. The van der Waals surface area contributed by atoms with Crippen molar-refractivity contribution in [1.82, 2.24) is 19.9 Å². The standard InChI is InChI=1S/C27H26F3N7.C2H6/c1-15-8-9-20(36-17(3)23-12-19(27(28,29)30)11-16(2)35-23)13-22(15)37-26-21(7-6-10-32-26)25-24(31-5)18(4)33-14-34-25;1-2/h6-14,31,36H,3H2,1-2,4-5H3,(H,32,37);1-2H3. The fraction of sp³-hybridized carbons (Fsp3) is 0.241. The van der Waals surface area contributed by atoms with E-state index in [0.717, 1.165) is 40.3 Å². The van der Waals surface area contributed by atoms with Gasteiger partial charge in [0, 0.05) is 35.9 Å². The summed E-state index contributed by atoms with van der Waals surface area (Å²) in [5, 5.41) is 9.59. The first-order chi connectivity index (χ1) is 18.6. The summed E-state index contributed by atoms with van der Waals surface area (Å²) in [5.41, 5.74) is 5.26. The minimum absolute atomic E-state index is 0.119. The van der Waals surface area contributed by atoms with Gasteiger partial charge in [-0.2, -0.15) is 13.2 Å². The number of hydrogen-bond donors (Lipinski definition) is 3. The lowest BCUT2D eigenvalue weighted by Crippen LogP contribution is -2.09.